The highest BCUT2D eigenvalue weighted by Gasteiger charge is 2.23. The van der Waals surface area contributed by atoms with Gasteiger partial charge in [0.05, 0.1) is 11.2 Å². The van der Waals surface area contributed by atoms with E-state index in [2.05, 4.69) is 46.2 Å². The molecule has 1 unspecified atom stereocenters. The lowest BCUT2D eigenvalue weighted by Gasteiger charge is -2.31. The fraction of sp³-hybridized carbons (Fsp3) is 0.250. The molecule has 0 radical (unpaired) electrons. The van der Waals surface area contributed by atoms with Gasteiger partial charge < -0.3 is 4.72 Å². The van der Waals surface area contributed by atoms with Crippen molar-refractivity contribution < 1.29 is 0 Å². The normalized spacial score (nSPS) is 20.5. The maximum atomic E-state index is 4.46. The van der Waals surface area contributed by atoms with Crippen LogP contribution in [0.3, 0.4) is 0 Å². The number of nitrogens with one attached hydrogen (secondary N) is 1. The van der Waals surface area contributed by atoms with Crippen LogP contribution in [0.15, 0.2) is 30.5 Å². The van der Waals surface area contributed by atoms with Gasteiger partial charge in [-0.25, -0.2) is 4.31 Å². The van der Waals surface area contributed by atoms with E-state index in [4.69, 9.17) is 0 Å². The highest BCUT2D eigenvalue weighted by atomic mass is 32.2. The second-order valence-electron chi connectivity index (χ2n) is 4.02. The van der Waals surface area contributed by atoms with E-state index >= 15 is 0 Å². The molecule has 2 heterocycles. The van der Waals surface area contributed by atoms with Crippen molar-refractivity contribution in [2.75, 3.05) is 11.8 Å². The van der Waals surface area contributed by atoms with Crippen LogP contribution in [0.25, 0.3) is 10.9 Å². The van der Waals surface area contributed by atoms with E-state index in [1.807, 2.05) is 12.3 Å². The minimum atomic E-state index is 0.410. The molecule has 0 aliphatic carbocycles. The number of benzene rings is 1. The molecule has 0 bridgehead atoms. The average Bonchev–Trinajstić information content (AvgIpc) is 2.33. The molecule has 0 saturated heterocycles. The van der Waals surface area contributed by atoms with Gasteiger partial charge in [0, 0.05) is 29.8 Å². The van der Waals surface area contributed by atoms with Crippen molar-refractivity contribution in [2.45, 2.75) is 13.0 Å². The Morgan fingerprint density at radius 3 is 3.12 bits per heavy atom. The standard InChI is InChI=1S/C12H13N3S/c1-8-10-6-5-9-4-3-7-13-11(9)12(10)14-16-15(8)2/h3-8,14H,1-2H3. The summed E-state index contributed by atoms with van der Waals surface area (Å²) in [7, 11) is 2.09. The Labute approximate surface area is 99.1 Å². The van der Waals surface area contributed by atoms with E-state index < -0.39 is 0 Å². The van der Waals surface area contributed by atoms with Crippen LogP contribution >= 0.6 is 12.1 Å². The number of hydrogen-bond acceptors (Lipinski definition) is 4. The molecule has 82 valence electrons. The van der Waals surface area contributed by atoms with Crippen molar-refractivity contribution in [2.24, 2.45) is 0 Å². The Kier molecular flexibility index (Phi) is 2.26. The van der Waals surface area contributed by atoms with Gasteiger partial charge in [-0.3, -0.25) is 4.98 Å². The second kappa shape index (κ2) is 3.64. The van der Waals surface area contributed by atoms with Crippen molar-refractivity contribution in [3.05, 3.63) is 36.0 Å². The number of rotatable bonds is 0. The zero-order valence-electron chi connectivity index (χ0n) is 9.27. The van der Waals surface area contributed by atoms with E-state index in [0.29, 0.717) is 6.04 Å². The van der Waals surface area contributed by atoms with Gasteiger partial charge in [0.1, 0.15) is 0 Å². The van der Waals surface area contributed by atoms with Gasteiger partial charge in [-0.2, -0.15) is 0 Å². The number of pyridine rings is 1. The Bertz CT molecular complexity index is 541. The molecule has 0 amide bonds. The molecule has 3 nitrogen and oxygen atoms in total. The summed E-state index contributed by atoms with van der Waals surface area (Å²) in [5.41, 5.74) is 3.54. The first-order valence-corrected chi connectivity index (χ1v) is 6.08. The average molecular weight is 231 g/mol. The molecular weight excluding hydrogens is 218 g/mol. The molecule has 1 aromatic heterocycles. The molecule has 0 spiro atoms. The molecule has 1 atom stereocenters. The summed E-state index contributed by atoms with van der Waals surface area (Å²) in [6, 6.07) is 8.81. The SMILES string of the molecule is CC1c2ccc3cccnc3c2NSN1C. The largest absolute Gasteiger partial charge is 0.314 e. The summed E-state index contributed by atoms with van der Waals surface area (Å²) in [4.78, 5) is 4.46. The molecule has 2 aromatic rings. The first kappa shape index (κ1) is 9.93. The minimum Gasteiger partial charge on any atom is -0.314 e. The maximum absolute atomic E-state index is 4.46. The summed E-state index contributed by atoms with van der Waals surface area (Å²) in [6.45, 7) is 2.21. The molecule has 1 N–H and O–H groups in total. The first-order chi connectivity index (χ1) is 7.77. The number of aromatic nitrogens is 1. The summed E-state index contributed by atoms with van der Waals surface area (Å²) in [6.07, 6.45) is 1.85. The molecule has 0 fully saturated rings. The molecule has 1 aliphatic heterocycles. The first-order valence-electron chi connectivity index (χ1n) is 5.31. The van der Waals surface area contributed by atoms with E-state index in [1.54, 1.807) is 12.1 Å². The second-order valence-corrected chi connectivity index (χ2v) is 4.98. The predicted octanol–water partition coefficient (Wildman–Crippen LogP) is 3.22. The monoisotopic (exact) mass is 231 g/mol. The lowest BCUT2D eigenvalue weighted by Crippen LogP contribution is -2.22. The van der Waals surface area contributed by atoms with Gasteiger partial charge in [0.2, 0.25) is 0 Å². The summed E-state index contributed by atoms with van der Waals surface area (Å²) in [5, 5.41) is 1.19. The van der Waals surface area contributed by atoms with E-state index in [0.717, 1.165) is 11.2 Å². The molecule has 1 aliphatic rings. The Hall–Kier alpha value is -1.26. The van der Waals surface area contributed by atoms with Crippen molar-refractivity contribution in [3.63, 3.8) is 0 Å². The molecule has 4 heteroatoms. The maximum Gasteiger partial charge on any atom is 0.0945 e. The van der Waals surface area contributed by atoms with Crippen LogP contribution in [-0.2, 0) is 0 Å². The van der Waals surface area contributed by atoms with Crippen molar-refractivity contribution >= 4 is 28.7 Å². The highest BCUT2D eigenvalue weighted by molar-refractivity contribution is 7.98. The lowest BCUT2D eigenvalue weighted by atomic mass is 10.0. The third-order valence-electron chi connectivity index (χ3n) is 3.09. The zero-order valence-corrected chi connectivity index (χ0v) is 10.1. The van der Waals surface area contributed by atoms with Gasteiger partial charge in [0.25, 0.3) is 0 Å². The van der Waals surface area contributed by atoms with Crippen molar-refractivity contribution in [1.29, 1.82) is 0 Å². The van der Waals surface area contributed by atoms with Crippen LogP contribution in [-0.4, -0.2) is 16.3 Å². The van der Waals surface area contributed by atoms with E-state index in [-0.39, 0.29) is 0 Å². The molecular formula is C12H13N3S. The summed E-state index contributed by atoms with van der Waals surface area (Å²) >= 11 is 1.63. The molecule has 0 saturated carbocycles. The van der Waals surface area contributed by atoms with Gasteiger partial charge in [-0.1, -0.05) is 18.2 Å². The topological polar surface area (TPSA) is 28.2 Å². The van der Waals surface area contributed by atoms with Crippen molar-refractivity contribution in [3.8, 4) is 0 Å². The van der Waals surface area contributed by atoms with Crippen LogP contribution in [0.1, 0.15) is 18.5 Å². The van der Waals surface area contributed by atoms with Crippen LogP contribution in [0.2, 0.25) is 0 Å². The van der Waals surface area contributed by atoms with Gasteiger partial charge in [-0.15, -0.1) is 0 Å². The third-order valence-corrected chi connectivity index (χ3v) is 3.99. The van der Waals surface area contributed by atoms with Crippen LogP contribution in [0.4, 0.5) is 5.69 Å². The zero-order chi connectivity index (χ0) is 11.1. The smallest absolute Gasteiger partial charge is 0.0945 e. The summed E-state index contributed by atoms with van der Waals surface area (Å²) < 4.78 is 5.57. The lowest BCUT2D eigenvalue weighted by molar-refractivity contribution is 0.451. The minimum absolute atomic E-state index is 0.410. The Morgan fingerprint density at radius 2 is 2.25 bits per heavy atom. The van der Waals surface area contributed by atoms with Crippen molar-refractivity contribution in [1.82, 2.24) is 9.29 Å². The van der Waals surface area contributed by atoms with Crippen LogP contribution < -0.4 is 4.72 Å². The van der Waals surface area contributed by atoms with Gasteiger partial charge >= 0.3 is 0 Å². The molecule has 16 heavy (non-hydrogen) atoms. The number of anilines is 1. The molecule has 1 aromatic carbocycles. The highest BCUT2D eigenvalue weighted by Crippen LogP contribution is 2.40. The summed E-state index contributed by atoms with van der Waals surface area (Å²) in [5.74, 6) is 0. The van der Waals surface area contributed by atoms with Crippen LogP contribution in [0.5, 0.6) is 0 Å². The Morgan fingerprint density at radius 1 is 1.38 bits per heavy atom. The number of fused-ring (bicyclic) bond motifs is 3. The Balaban J connectivity index is 2.27. The van der Waals surface area contributed by atoms with Gasteiger partial charge in [0.15, 0.2) is 0 Å². The molecule has 3 rings (SSSR count). The van der Waals surface area contributed by atoms with Crippen LogP contribution in [0, 0.1) is 0 Å². The number of hydrogen-bond donors (Lipinski definition) is 1. The third kappa shape index (κ3) is 1.37. The predicted molar refractivity (Wildman–Crippen MR) is 69.1 cm³/mol. The van der Waals surface area contributed by atoms with E-state index in [9.17, 15) is 0 Å². The van der Waals surface area contributed by atoms with E-state index in [1.165, 1.54) is 10.9 Å². The fourth-order valence-corrected chi connectivity index (χ4v) is 2.73. The number of nitrogens with zero attached hydrogens (tertiary/aromatic N) is 2. The fourth-order valence-electron chi connectivity index (χ4n) is 2.01. The van der Waals surface area contributed by atoms with Gasteiger partial charge in [-0.05, 0) is 25.6 Å². The quantitative estimate of drug-likeness (QED) is 0.705.